The van der Waals surface area contributed by atoms with Gasteiger partial charge in [-0.3, -0.25) is 0 Å². The van der Waals surface area contributed by atoms with Crippen molar-refractivity contribution in [3.05, 3.63) is 60.2 Å². The van der Waals surface area contributed by atoms with Gasteiger partial charge in [0, 0.05) is 11.7 Å². The van der Waals surface area contributed by atoms with Crippen molar-refractivity contribution in [1.29, 1.82) is 0 Å². The summed E-state index contributed by atoms with van der Waals surface area (Å²) in [6.07, 6.45) is -1.30. The number of nitrogens with one attached hydrogen (secondary N) is 1. The van der Waals surface area contributed by atoms with Gasteiger partial charge in [-0.15, -0.1) is 0 Å². The quantitative estimate of drug-likeness (QED) is 0.292. The zero-order valence-corrected chi connectivity index (χ0v) is 17.7. The summed E-state index contributed by atoms with van der Waals surface area (Å²) in [7, 11) is -4.02. The maximum atomic E-state index is 13.1. The van der Waals surface area contributed by atoms with Gasteiger partial charge in [-0.05, 0) is 50.1 Å². The highest BCUT2D eigenvalue weighted by molar-refractivity contribution is 7.89. The summed E-state index contributed by atoms with van der Waals surface area (Å²) >= 11 is 0. The van der Waals surface area contributed by atoms with E-state index >= 15 is 0 Å². The number of rotatable bonds is 9. The summed E-state index contributed by atoms with van der Waals surface area (Å²) in [5.74, 6) is 0. The molecule has 0 heterocycles. The van der Waals surface area contributed by atoms with Crippen molar-refractivity contribution in [2.24, 2.45) is 5.73 Å². The minimum Gasteiger partial charge on any atom is -0.465 e. The van der Waals surface area contributed by atoms with Crippen LogP contribution in [0.15, 0.2) is 59.5 Å². The predicted molar refractivity (Wildman–Crippen MR) is 114 cm³/mol. The van der Waals surface area contributed by atoms with E-state index in [2.05, 4.69) is 5.32 Å². The van der Waals surface area contributed by atoms with Crippen LogP contribution in [0.25, 0.3) is 0 Å². The Labute approximate surface area is 176 Å². The molecule has 2 rings (SSSR count). The van der Waals surface area contributed by atoms with Gasteiger partial charge in [-0.25, -0.2) is 13.2 Å². The fourth-order valence-corrected chi connectivity index (χ4v) is 4.71. The standard InChI is InChI=1S/C20H28N4O5S/c1-14(2)24(30(28,29)17-10-8-16(21)9-11-17)13-20(22,27)18(23-19(25)26)12-15-6-4-3-5-7-15/h3-11,14,18,23,27H,12-13,21-22H2,1-2H3,(H,25,26). The average Bonchev–Trinajstić information content (AvgIpc) is 2.66. The van der Waals surface area contributed by atoms with Crippen LogP contribution in [0.3, 0.4) is 0 Å². The maximum Gasteiger partial charge on any atom is 0.405 e. The topological polar surface area (TPSA) is 159 Å². The molecular weight excluding hydrogens is 408 g/mol. The normalized spacial score (nSPS) is 15.0. The molecule has 0 spiro atoms. The number of nitrogens with zero attached hydrogens (tertiary/aromatic N) is 1. The van der Waals surface area contributed by atoms with E-state index in [0.29, 0.717) is 5.69 Å². The van der Waals surface area contributed by atoms with Crippen LogP contribution in [0.1, 0.15) is 19.4 Å². The highest BCUT2D eigenvalue weighted by Crippen LogP contribution is 2.23. The van der Waals surface area contributed by atoms with E-state index in [1.54, 1.807) is 44.2 Å². The van der Waals surface area contributed by atoms with Gasteiger partial charge < -0.3 is 27.0 Å². The molecule has 2 unspecified atom stereocenters. The summed E-state index contributed by atoms with van der Waals surface area (Å²) in [4.78, 5) is 11.3. The summed E-state index contributed by atoms with van der Waals surface area (Å²) in [6, 6.07) is 12.8. The molecule has 0 bridgehead atoms. The van der Waals surface area contributed by atoms with Crippen LogP contribution in [0.4, 0.5) is 10.5 Å². The number of aliphatic hydroxyl groups is 1. The Morgan fingerprint density at radius 1 is 1.13 bits per heavy atom. The molecule has 164 valence electrons. The van der Waals surface area contributed by atoms with Crippen molar-refractivity contribution in [3.63, 3.8) is 0 Å². The molecule has 1 amide bonds. The SMILES string of the molecule is CC(C)N(CC(N)(O)C(Cc1ccccc1)NC(=O)O)S(=O)(=O)c1ccc(N)cc1. The molecule has 0 aliphatic heterocycles. The van der Waals surface area contributed by atoms with E-state index in [9.17, 15) is 23.4 Å². The number of amides is 1. The number of hydrogen-bond acceptors (Lipinski definition) is 6. The van der Waals surface area contributed by atoms with E-state index in [0.717, 1.165) is 9.87 Å². The lowest BCUT2D eigenvalue weighted by Crippen LogP contribution is -2.65. The minimum absolute atomic E-state index is 0.00740. The molecular formula is C20H28N4O5S. The predicted octanol–water partition coefficient (Wildman–Crippen LogP) is 1.19. The number of benzene rings is 2. The first kappa shape index (κ1) is 23.6. The fraction of sp³-hybridized carbons (Fsp3) is 0.350. The number of carboxylic acid groups (broad SMARTS) is 1. The second kappa shape index (κ2) is 9.43. The zero-order valence-electron chi connectivity index (χ0n) is 16.9. The zero-order chi connectivity index (χ0) is 22.5. The summed E-state index contributed by atoms with van der Waals surface area (Å²) in [6.45, 7) is 2.76. The highest BCUT2D eigenvalue weighted by atomic mass is 32.2. The fourth-order valence-electron chi connectivity index (χ4n) is 3.03. The van der Waals surface area contributed by atoms with Crippen molar-refractivity contribution in [3.8, 4) is 0 Å². The Kier molecular flexibility index (Phi) is 7.43. The van der Waals surface area contributed by atoms with E-state index in [-0.39, 0.29) is 11.3 Å². The average molecular weight is 437 g/mol. The van der Waals surface area contributed by atoms with Crippen molar-refractivity contribution in [2.75, 3.05) is 12.3 Å². The molecule has 0 radical (unpaired) electrons. The molecule has 0 saturated carbocycles. The van der Waals surface area contributed by atoms with E-state index < -0.39 is 40.5 Å². The number of nitrogens with two attached hydrogens (primary N) is 2. The Hall–Kier alpha value is -2.66. The van der Waals surface area contributed by atoms with E-state index in [1.165, 1.54) is 24.3 Å². The Morgan fingerprint density at radius 2 is 1.70 bits per heavy atom. The lowest BCUT2D eigenvalue weighted by molar-refractivity contribution is -0.0104. The molecule has 2 aromatic rings. The second-order valence-electron chi connectivity index (χ2n) is 7.40. The molecule has 30 heavy (non-hydrogen) atoms. The van der Waals surface area contributed by atoms with Crippen molar-refractivity contribution >= 4 is 21.8 Å². The molecule has 10 heteroatoms. The van der Waals surface area contributed by atoms with Crippen LogP contribution >= 0.6 is 0 Å². The van der Waals surface area contributed by atoms with Crippen molar-refractivity contribution in [1.82, 2.24) is 9.62 Å². The molecule has 0 fully saturated rings. The maximum absolute atomic E-state index is 13.1. The van der Waals surface area contributed by atoms with Crippen LogP contribution in [0.5, 0.6) is 0 Å². The van der Waals surface area contributed by atoms with E-state index in [4.69, 9.17) is 11.5 Å². The van der Waals surface area contributed by atoms with Crippen molar-refractivity contribution in [2.45, 2.75) is 43.0 Å². The molecule has 7 N–H and O–H groups in total. The van der Waals surface area contributed by atoms with Crippen LogP contribution in [-0.4, -0.2) is 53.4 Å². The molecule has 0 aliphatic carbocycles. The summed E-state index contributed by atoms with van der Waals surface area (Å²) in [5, 5.41) is 22.4. The first-order valence-corrected chi connectivity index (χ1v) is 10.8. The van der Waals surface area contributed by atoms with E-state index in [1.807, 2.05) is 0 Å². The van der Waals surface area contributed by atoms with Crippen LogP contribution < -0.4 is 16.8 Å². The first-order valence-electron chi connectivity index (χ1n) is 9.35. The monoisotopic (exact) mass is 436 g/mol. The number of sulfonamides is 1. The third kappa shape index (κ3) is 5.92. The molecule has 2 atom stereocenters. The molecule has 0 aromatic heterocycles. The second-order valence-corrected chi connectivity index (χ2v) is 9.29. The summed E-state index contributed by atoms with van der Waals surface area (Å²) in [5.41, 5.74) is 10.7. The number of hydrogen-bond donors (Lipinski definition) is 5. The van der Waals surface area contributed by atoms with Crippen LogP contribution in [-0.2, 0) is 16.4 Å². The van der Waals surface area contributed by atoms with Gasteiger partial charge in [0.05, 0.1) is 17.5 Å². The molecule has 0 aliphatic rings. The lowest BCUT2D eigenvalue weighted by Gasteiger charge is -2.38. The van der Waals surface area contributed by atoms with Gasteiger partial charge in [-0.2, -0.15) is 4.31 Å². The Morgan fingerprint density at radius 3 is 2.20 bits per heavy atom. The third-order valence-corrected chi connectivity index (χ3v) is 6.69. The number of carbonyl (C=O) groups is 1. The summed E-state index contributed by atoms with van der Waals surface area (Å²) < 4.78 is 27.3. The van der Waals surface area contributed by atoms with Gasteiger partial charge in [-0.1, -0.05) is 30.3 Å². The van der Waals surface area contributed by atoms with Crippen molar-refractivity contribution < 1.29 is 23.4 Å². The number of anilines is 1. The first-order chi connectivity index (χ1) is 13.9. The van der Waals surface area contributed by atoms with Gasteiger partial charge in [0.1, 0.15) is 5.72 Å². The van der Waals surface area contributed by atoms with Crippen LogP contribution in [0.2, 0.25) is 0 Å². The molecule has 9 nitrogen and oxygen atoms in total. The smallest absolute Gasteiger partial charge is 0.405 e. The Balaban J connectivity index is 2.35. The number of nitrogen functional groups attached to an aromatic ring is 1. The largest absolute Gasteiger partial charge is 0.465 e. The lowest BCUT2D eigenvalue weighted by atomic mass is 9.96. The van der Waals surface area contributed by atoms with Gasteiger partial charge in [0.15, 0.2) is 0 Å². The molecule has 2 aromatic carbocycles. The minimum atomic E-state index is -4.02. The van der Waals surface area contributed by atoms with Crippen LogP contribution in [0, 0.1) is 0 Å². The van der Waals surface area contributed by atoms with Gasteiger partial charge in [0.2, 0.25) is 10.0 Å². The molecule has 0 saturated heterocycles. The highest BCUT2D eigenvalue weighted by Gasteiger charge is 2.40. The van der Waals surface area contributed by atoms with Gasteiger partial charge >= 0.3 is 6.09 Å². The Bertz CT molecular complexity index is 947. The third-order valence-electron chi connectivity index (χ3n) is 4.66. The van der Waals surface area contributed by atoms with Gasteiger partial charge in [0.25, 0.3) is 0 Å².